The van der Waals surface area contributed by atoms with E-state index in [1.165, 1.54) is 25.9 Å². The van der Waals surface area contributed by atoms with E-state index in [9.17, 15) is 0 Å². The molecule has 3 saturated heterocycles. The summed E-state index contributed by atoms with van der Waals surface area (Å²) in [5.74, 6) is 0.833. The number of hydrogen-bond acceptors (Lipinski definition) is 2. The van der Waals surface area contributed by atoms with E-state index in [1.807, 2.05) is 0 Å². The van der Waals surface area contributed by atoms with Crippen molar-refractivity contribution < 1.29 is 0 Å². The highest BCUT2D eigenvalue weighted by Gasteiger charge is 2.37. The fraction of sp³-hybridized carbons (Fsp3) is 1.00. The van der Waals surface area contributed by atoms with Gasteiger partial charge in [0.05, 0.1) is 0 Å². The fourth-order valence-corrected chi connectivity index (χ4v) is 2.35. The van der Waals surface area contributed by atoms with Crippen molar-refractivity contribution in [3.05, 3.63) is 0 Å². The van der Waals surface area contributed by atoms with Crippen LogP contribution in [0.4, 0.5) is 0 Å². The minimum absolute atomic E-state index is 0.461. The van der Waals surface area contributed by atoms with Gasteiger partial charge in [0.25, 0.3) is 0 Å². The maximum Gasteiger partial charge on any atom is 0.0223 e. The Morgan fingerprint density at radius 2 is 1.90 bits per heavy atom. The normalized spacial score (nSPS) is 53.4. The molecule has 2 heteroatoms. The van der Waals surface area contributed by atoms with Crippen molar-refractivity contribution >= 4 is 0 Å². The third-order valence-electron chi connectivity index (χ3n) is 3.25. The molecule has 3 aliphatic rings. The summed E-state index contributed by atoms with van der Waals surface area (Å²) in [7, 11) is 0. The molecular formula is C8H16N2. The van der Waals surface area contributed by atoms with Crippen molar-refractivity contribution in [3.63, 3.8) is 0 Å². The van der Waals surface area contributed by atoms with Crippen LogP contribution in [0, 0.1) is 5.92 Å². The summed E-state index contributed by atoms with van der Waals surface area (Å²) in [6.07, 6.45) is 2.68. The van der Waals surface area contributed by atoms with E-state index in [-0.39, 0.29) is 0 Å². The van der Waals surface area contributed by atoms with E-state index in [2.05, 4.69) is 11.8 Å². The second-order valence-corrected chi connectivity index (χ2v) is 3.69. The van der Waals surface area contributed by atoms with Crippen LogP contribution in [-0.2, 0) is 0 Å². The van der Waals surface area contributed by atoms with Crippen LogP contribution < -0.4 is 5.73 Å². The molecule has 3 fully saturated rings. The summed E-state index contributed by atoms with van der Waals surface area (Å²) in [5.41, 5.74) is 6.02. The van der Waals surface area contributed by atoms with Gasteiger partial charge in [0.1, 0.15) is 0 Å². The van der Waals surface area contributed by atoms with Gasteiger partial charge in [0, 0.05) is 12.1 Å². The molecule has 3 aliphatic heterocycles. The lowest BCUT2D eigenvalue weighted by atomic mass is 9.80. The zero-order valence-corrected chi connectivity index (χ0v) is 6.59. The quantitative estimate of drug-likeness (QED) is 0.528. The van der Waals surface area contributed by atoms with Gasteiger partial charge in [0.2, 0.25) is 0 Å². The molecule has 0 saturated carbocycles. The van der Waals surface area contributed by atoms with Gasteiger partial charge in [-0.05, 0) is 38.8 Å². The third kappa shape index (κ3) is 0.789. The van der Waals surface area contributed by atoms with Crippen molar-refractivity contribution in [1.29, 1.82) is 0 Å². The van der Waals surface area contributed by atoms with Crippen LogP contribution in [0.1, 0.15) is 19.8 Å². The maximum atomic E-state index is 6.02. The van der Waals surface area contributed by atoms with Gasteiger partial charge in [-0.25, -0.2) is 0 Å². The highest BCUT2D eigenvalue weighted by Crippen LogP contribution is 2.30. The van der Waals surface area contributed by atoms with Crippen molar-refractivity contribution in [2.24, 2.45) is 11.7 Å². The Balaban J connectivity index is 2.13. The average Bonchev–Trinajstić information content (AvgIpc) is 2.00. The highest BCUT2D eigenvalue weighted by molar-refractivity contribution is 4.94. The summed E-state index contributed by atoms with van der Waals surface area (Å²) in [6.45, 7) is 4.84. The summed E-state index contributed by atoms with van der Waals surface area (Å²) in [4.78, 5) is 2.52. The van der Waals surface area contributed by atoms with Crippen molar-refractivity contribution in [2.75, 3.05) is 13.1 Å². The van der Waals surface area contributed by atoms with Crippen LogP contribution in [0.2, 0.25) is 0 Å². The predicted octanol–water partition coefficient (Wildman–Crippen LogP) is 0.428. The zero-order valence-electron chi connectivity index (χ0n) is 6.59. The molecule has 58 valence electrons. The molecule has 2 bridgehead atoms. The van der Waals surface area contributed by atoms with Crippen LogP contribution in [0.3, 0.4) is 0 Å². The van der Waals surface area contributed by atoms with E-state index in [0.717, 1.165) is 5.92 Å². The lowest BCUT2D eigenvalue weighted by Gasteiger charge is -2.48. The molecular weight excluding hydrogens is 124 g/mol. The van der Waals surface area contributed by atoms with E-state index in [4.69, 9.17) is 5.73 Å². The number of piperidine rings is 3. The summed E-state index contributed by atoms with van der Waals surface area (Å²) >= 11 is 0. The second kappa shape index (κ2) is 2.21. The number of nitrogens with two attached hydrogens (primary N) is 1. The average molecular weight is 140 g/mol. The fourth-order valence-electron chi connectivity index (χ4n) is 2.35. The first-order valence-electron chi connectivity index (χ1n) is 4.28. The Kier molecular flexibility index (Phi) is 1.46. The van der Waals surface area contributed by atoms with Crippen LogP contribution in [0.25, 0.3) is 0 Å². The molecule has 0 aromatic heterocycles. The van der Waals surface area contributed by atoms with E-state index in [1.54, 1.807) is 0 Å². The molecule has 0 aliphatic carbocycles. The standard InChI is InChI=1S/C8H16N2/c1-6-8(9)7-2-4-10(6)5-3-7/h6-8H,2-5,9H2,1H3/t6-,8-/m1/s1. The molecule has 0 aromatic carbocycles. The summed E-state index contributed by atoms with van der Waals surface area (Å²) < 4.78 is 0. The first-order valence-corrected chi connectivity index (χ1v) is 4.28. The lowest BCUT2D eigenvalue weighted by Crippen LogP contribution is -2.59. The Morgan fingerprint density at radius 3 is 2.20 bits per heavy atom. The van der Waals surface area contributed by atoms with Crippen molar-refractivity contribution in [2.45, 2.75) is 31.8 Å². The van der Waals surface area contributed by atoms with Gasteiger partial charge in [0.15, 0.2) is 0 Å². The SMILES string of the molecule is C[C@@H]1[C@@H](N)C2CCN1CC2. The molecule has 3 heterocycles. The Hall–Kier alpha value is -0.0800. The molecule has 0 aromatic rings. The first-order chi connectivity index (χ1) is 4.79. The lowest BCUT2D eigenvalue weighted by molar-refractivity contribution is 0.0380. The molecule has 0 unspecified atom stereocenters. The number of fused-ring (bicyclic) bond motifs is 3. The zero-order chi connectivity index (χ0) is 7.14. The third-order valence-corrected chi connectivity index (χ3v) is 3.25. The largest absolute Gasteiger partial charge is 0.326 e. The Labute approximate surface area is 62.4 Å². The molecule has 0 spiro atoms. The highest BCUT2D eigenvalue weighted by atomic mass is 15.2. The molecule has 0 amide bonds. The molecule has 2 nitrogen and oxygen atoms in total. The molecule has 3 rings (SSSR count). The van der Waals surface area contributed by atoms with Gasteiger partial charge in [-0.3, -0.25) is 4.90 Å². The van der Waals surface area contributed by atoms with E-state index in [0.29, 0.717) is 12.1 Å². The Bertz CT molecular complexity index is 107. The van der Waals surface area contributed by atoms with Crippen molar-refractivity contribution in [3.8, 4) is 0 Å². The van der Waals surface area contributed by atoms with Gasteiger partial charge in [-0.1, -0.05) is 0 Å². The van der Waals surface area contributed by atoms with E-state index >= 15 is 0 Å². The monoisotopic (exact) mass is 140 g/mol. The topological polar surface area (TPSA) is 29.3 Å². The number of nitrogens with zero attached hydrogens (tertiary/aromatic N) is 1. The molecule has 2 N–H and O–H groups in total. The summed E-state index contributed by atoms with van der Waals surface area (Å²) in [6, 6.07) is 1.11. The first kappa shape index (κ1) is 6.62. The smallest absolute Gasteiger partial charge is 0.0223 e. The number of rotatable bonds is 0. The molecule has 10 heavy (non-hydrogen) atoms. The van der Waals surface area contributed by atoms with Gasteiger partial charge >= 0.3 is 0 Å². The van der Waals surface area contributed by atoms with Crippen molar-refractivity contribution in [1.82, 2.24) is 4.90 Å². The minimum atomic E-state index is 0.461. The van der Waals surface area contributed by atoms with Gasteiger partial charge in [-0.15, -0.1) is 0 Å². The van der Waals surface area contributed by atoms with Gasteiger partial charge < -0.3 is 5.73 Å². The number of hydrogen-bond donors (Lipinski definition) is 1. The van der Waals surface area contributed by atoms with Crippen LogP contribution in [-0.4, -0.2) is 30.1 Å². The van der Waals surface area contributed by atoms with Crippen LogP contribution >= 0.6 is 0 Å². The van der Waals surface area contributed by atoms with Crippen LogP contribution in [0.5, 0.6) is 0 Å². The van der Waals surface area contributed by atoms with Gasteiger partial charge in [-0.2, -0.15) is 0 Å². The minimum Gasteiger partial charge on any atom is -0.326 e. The molecule has 2 atom stereocenters. The summed E-state index contributed by atoms with van der Waals surface area (Å²) in [5, 5.41) is 0. The molecule has 0 radical (unpaired) electrons. The van der Waals surface area contributed by atoms with E-state index < -0.39 is 0 Å². The second-order valence-electron chi connectivity index (χ2n) is 3.69. The Morgan fingerprint density at radius 1 is 1.30 bits per heavy atom. The maximum absolute atomic E-state index is 6.02. The van der Waals surface area contributed by atoms with Crippen LogP contribution in [0.15, 0.2) is 0 Å². The predicted molar refractivity (Wildman–Crippen MR) is 41.7 cm³/mol.